The highest BCUT2D eigenvalue weighted by atomic mass is 79.9. The Kier molecular flexibility index (Phi) is 5.12. The standard InChI is InChI=1S/C12H16Br2N2O3S/c1-7-8(2-3-19-7)6-16-20(17,18)12-10(14)4-9(13)5-11(12)15/h4-5,7-8,16H,2-3,6,15H2,1H3. The molecule has 3 N–H and O–H groups in total. The lowest BCUT2D eigenvalue weighted by molar-refractivity contribution is 0.107. The van der Waals surface area contributed by atoms with E-state index < -0.39 is 10.0 Å². The molecule has 0 amide bonds. The predicted octanol–water partition coefficient (Wildman–Crippen LogP) is 2.50. The van der Waals surface area contributed by atoms with E-state index in [1.54, 1.807) is 12.1 Å². The Morgan fingerprint density at radius 1 is 1.45 bits per heavy atom. The van der Waals surface area contributed by atoms with E-state index in [2.05, 4.69) is 36.6 Å². The van der Waals surface area contributed by atoms with Crippen LogP contribution in [0.25, 0.3) is 0 Å². The Morgan fingerprint density at radius 3 is 2.70 bits per heavy atom. The van der Waals surface area contributed by atoms with Gasteiger partial charge in [-0.15, -0.1) is 0 Å². The van der Waals surface area contributed by atoms with E-state index in [1.807, 2.05) is 6.92 Å². The van der Waals surface area contributed by atoms with Crippen LogP contribution in [0.4, 0.5) is 5.69 Å². The van der Waals surface area contributed by atoms with Gasteiger partial charge in [0.25, 0.3) is 0 Å². The van der Waals surface area contributed by atoms with Crippen LogP contribution in [0, 0.1) is 5.92 Å². The third-order valence-electron chi connectivity index (χ3n) is 3.37. The van der Waals surface area contributed by atoms with E-state index in [0.29, 0.717) is 17.6 Å². The summed E-state index contributed by atoms with van der Waals surface area (Å²) < 4.78 is 33.9. The summed E-state index contributed by atoms with van der Waals surface area (Å²) in [6.45, 7) is 2.99. The lowest BCUT2D eigenvalue weighted by Crippen LogP contribution is -2.32. The largest absolute Gasteiger partial charge is 0.398 e. The van der Waals surface area contributed by atoms with Crippen molar-refractivity contribution in [2.45, 2.75) is 24.3 Å². The van der Waals surface area contributed by atoms with Gasteiger partial charge in [-0.3, -0.25) is 0 Å². The molecular weight excluding hydrogens is 412 g/mol. The van der Waals surface area contributed by atoms with Gasteiger partial charge in [0.15, 0.2) is 0 Å². The maximum absolute atomic E-state index is 12.4. The van der Waals surface area contributed by atoms with Gasteiger partial charge < -0.3 is 10.5 Å². The van der Waals surface area contributed by atoms with Crippen molar-refractivity contribution in [3.05, 3.63) is 21.1 Å². The molecule has 1 aliphatic rings. The normalized spacial score (nSPS) is 23.1. The fourth-order valence-corrected chi connectivity index (χ4v) is 5.36. The van der Waals surface area contributed by atoms with Crippen molar-refractivity contribution in [1.29, 1.82) is 0 Å². The molecule has 0 saturated carbocycles. The zero-order valence-electron chi connectivity index (χ0n) is 10.9. The summed E-state index contributed by atoms with van der Waals surface area (Å²) in [6, 6.07) is 3.23. The summed E-state index contributed by atoms with van der Waals surface area (Å²) in [5, 5.41) is 0. The topological polar surface area (TPSA) is 81.4 Å². The Hall–Kier alpha value is -0.150. The molecule has 1 saturated heterocycles. The van der Waals surface area contributed by atoms with Gasteiger partial charge in [0.05, 0.1) is 11.8 Å². The van der Waals surface area contributed by atoms with Gasteiger partial charge in [0.2, 0.25) is 10.0 Å². The highest BCUT2D eigenvalue weighted by Gasteiger charge is 2.27. The molecule has 1 fully saturated rings. The molecule has 0 bridgehead atoms. The fourth-order valence-electron chi connectivity index (χ4n) is 2.20. The van der Waals surface area contributed by atoms with Crippen molar-refractivity contribution in [1.82, 2.24) is 4.72 Å². The molecule has 20 heavy (non-hydrogen) atoms. The smallest absolute Gasteiger partial charge is 0.243 e. The number of sulfonamides is 1. The van der Waals surface area contributed by atoms with Gasteiger partial charge in [-0.1, -0.05) is 15.9 Å². The average Bonchev–Trinajstić information content (AvgIpc) is 2.70. The van der Waals surface area contributed by atoms with Gasteiger partial charge in [-0.2, -0.15) is 0 Å². The first-order valence-corrected chi connectivity index (χ1v) is 9.24. The number of anilines is 1. The van der Waals surface area contributed by atoms with Crippen LogP contribution in [0.5, 0.6) is 0 Å². The summed E-state index contributed by atoms with van der Waals surface area (Å²) in [5.74, 6) is 0.195. The lowest BCUT2D eigenvalue weighted by atomic mass is 10.0. The van der Waals surface area contributed by atoms with Crippen LogP contribution in [0.15, 0.2) is 26.0 Å². The molecule has 1 aliphatic heterocycles. The molecule has 0 radical (unpaired) electrons. The first-order chi connectivity index (χ1) is 9.31. The van der Waals surface area contributed by atoms with Crippen LogP contribution in [-0.2, 0) is 14.8 Å². The van der Waals surface area contributed by atoms with Crippen molar-refractivity contribution in [2.75, 3.05) is 18.9 Å². The van der Waals surface area contributed by atoms with E-state index in [1.165, 1.54) is 0 Å². The van der Waals surface area contributed by atoms with Crippen molar-refractivity contribution in [2.24, 2.45) is 5.92 Å². The molecule has 0 aliphatic carbocycles. The summed E-state index contributed by atoms with van der Waals surface area (Å²) in [7, 11) is -3.65. The molecule has 1 heterocycles. The molecule has 2 unspecified atom stereocenters. The van der Waals surface area contributed by atoms with Crippen LogP contribution < -0.4 is 10.5 Å². The number of nitrogens with one attached hydrogen (secondary N) is 1. The van der Waals surface area contributed by atoms with E-state index in [9.17, 15) is 8.42 Å². The average molecular weight is 428 g/mol. The van der Waals surface area contributed by atoms with Crippen LogP contribution in [0.1, 0.15) is 13.3 Å². The number of ether oxygens (including phenoxy) is 1. The Labute approximate surface area is 135 Å². The second kappa shape index (κ2) is 6.31. The zero-order chi connectivity index (χ0) is 14.9. The van der Waals surface area contributed by atoms with Crippen molar-refractivity contribution >= 4 is 47.6 Å². The lowest BCUT2D eigenvalue weighted by Gasteiger charge is -2.16. The minimum atomic E-state index is -3.65. The van der Waals surface area contributed by atoms with E-state index in [4.69, 9.17) is 10.5 Å². The molecule has 2 atom stereocenters. The maximum Gasteiger partial charge on any atom is 0.243 e. The monoisotopic (exact) mass is 426 g/mol. The number of benzene rings is 1. The summed E-state index contributed by atoms with van der Waals surface area (Å²) >= 11 is 6.52. The molecule has 0 spiro atoms. The molecule has 5 nitrogen and oxygen atoms in total. The molecule has 112 valence electrons. The second-order valence-electron chi connectivity index (χ2n) is 4.78. The number of hydrogen-bond donors (Lipinski definition) is 2. The van der Waals surface area contributed by atoms with Gasteiger partial charge in [0, 0.05) is 28.0 Å². The van der Waals surface area contributed by atoms with E-state index in [-0.39, 0.29) is 22.6 Å². The van der Waals surface area contributed by atoms with Gasteiger partial charge in [-0.05, 0) is 41.4 Å². The Bertz CT molecular complexity index is 584. The number of halogens is 2. The summed E-state index contributed by atoms with van der Waals surface area (Å²) in [6.07, 6.45) is 0.934. The van der Waals surface area contributed by atoms with Gasteiger partial charge in [0.1, 0.15) is 4.90 Å². The van der Waals surface area contributed by atoms with Crippen LogP contribution in [0.2, 0.25) is 0 Å². The number of rotatable bonds is 4. The summed E-state index contributed by atoms with van der Waals surface area (Å²) in [5.41, 5.74) is 6.02. The molecule has 1 aromatic rings. The number of nitrogens with two attached hydrogens (primary N) is 1. The van der Waals surface area contributed by atoms with Crippen molar-refractivity contribution in [3.8, 4) is 0 Å². The van der Waals surface area contributed by atoms with Crippen LogP contribution in [0.3, 0.4) is 0 Å². The highest BCUT2D eigenvalue weighted by Crippen LogP contribution is 2.31. The maximum atomic E-state index is 12.4. The van der Waals surface area contributed by atoms with Crippen molar-refractivity contribution in [3.63, 3.8) is 0 Å². The molecular formula is C12H16Br2N2O3S. The second-order valence-corrected chi connectivity index (χ2v) is 8.26. The molecule has 2 rings (SSSR count). The van der Waals surface area contributed by atoms with Gasteiger partial charge in [-0.25, -0.2) is 13.1 Å². The Morgan fingerprint density at radius 2 is 2.15 bits per heavy atom. The van der Waals surface area contributed by atoms with Crippen LogP contribution in [-0.4, -0.2) is 27.7 Å². The van der Waals surface area contributed by atoms with Crippen LogP contribution >= 0.6 is 31.9 Å². The third-order valence-corrected chi connectivity index (χ3v) is 6.26. The zero-order valence-corrected chi connectivity index (χ0v) is 14.9. The first-order valence-electron chi connectivity index (χ1n) is 6.17. The molecule has 0 aromatic heterocycles. The molecule has 1 aromatic carbocycles. The Balaban J connectivity index is 2.18. The fraction of sp³-hybridized carbons (Fsp3) is 0.500. The first kappa shape index (κ1) is 16.2. The highest BCUT2D eigenvalue weighted by molar-refractivity contribution is 9.11. The van der Waals surface area contributed by atoms with Gasteiger partial charge >= 0.3 is 0 Å². The van der Waals surface area contributed by atoms with E-state index in [0.717, 1.165) is 10.9 Å². The minimum absolute atomic E-state index is 0.0726. The van der Waals surface area contributed by atoms with Crippen molar-refractivity contribution < 1.29 is 13.2 Å². The van der Waals surface area contributed by atoms with E-state index >= 15 is 0 Å². The third kappa shape index (κ3) is 3.54. The minimum Gasteiger partial charge on any atom is -0.398 e. The summed E-state index contributed by atoms with van der Waals surface area (Å²) in [4.78, 5) is 0.0762. The SMILES string of the molecule is CC1OCCC1CNS(=O)(=O)c1c(N)cc(Br)cc1Br. The quantitative estimate of drug-likeness (QED) is 0.723. The molecule has 8 heteroatoms. The number of nitrogen functional groups attached to an aromatic ring is 1. The predicted molar refractivity (Wildman–Crippen MR) is 85.0 cm³/mol. The number of hydrogen-bond acceptors (Lipinski definition) is 4.